The summed E-state index contributed by atoms with van der Waals surface area (Å²) in [7, 11) is 0. The Bertz CT molecular complexity index is 938. The van der Waals surface area contributed by atoms with Crippen LogP contribution in [0.25, 0.3) is 10.2 Å². The molecule has 0 unspecified atom stereocenters. The molecule has 4 rings (SSSR count). The topological polar surface area (TPSA) is 51.7 Å². The summed E-state index contributed by atoms with van der Waals surface area (Å²) in [6.07, 6.45) is 1.99. The molecule has 2 aromatic carbocycles. The number of carbonyl (C=O) groups excluding carboxylic acids is 1. The Kier molecular flexibility index (Phi) is 4.75. The highest BCUT2D eigenvalue weighted by Gasteiger charge is 2.22. The number of rotatable bonds is 6. The third kappa shape index (κ3) is 3.24. The lowest BCUT2D eigenvalue weighted by molar-refractivity contribution is 0.0739. The van der Waals surface area contributed by atoms with E-state index in [4.69, 9.17) is 9.47 Å². The van der Waals surface area contributed by atoms with Crippen LogP contribution < -0.4 is 9.47 Å². The van der Waals surface area contributed by atoms with E-state index < -0.39 is 0 Å². The van der Waals surface area contributed by atoms with Gasteiger partial charge in [-0.2, -0.15) is 0 Å². The van der Waals surface area contributed by atoms with Crippen LogP contribution in [0.15, 0.2) is 41.9 Å². The summed E-state index contributed by atoms with van der Waals surface area (Å²) in [4.78, 5) is 19.3. The van der Waals surface area contributed by atoms with Crippen LogP contribution in [0.3, 0.4) is 0 Å². The molecule has 0 saturated heterocycles. The van der Waals surface area contributed by atoms with Crippen molar-refractivity contribution in [1.29, 1.82) is 0 Å². The van der Waals surface area contributed by atoms with Crippen molar-refractivity contribution < 1.29 is 14.3 Å². The van der Waals surface area contributed by atoms with Gasteiger partial charge in [-0.15, -0.1) is 11.3 Å². The lowest BCUT2D eigenvalue weighted by atomic mass is 10.1. The quantitative estimate of drug-likeness (QED) is 0.644. The number of ether oxygens (including phenoxy) is 2. The van der Waals surface area contributed by atoms with E-state index in [1.807, 2.05) is 41.3 Å². The fraction of sp³-hybridized carbons (Fsp3) is 0.300. The average Bonchev–Trinajstić information content (AvgIpc) is 3.33. The van der Waals surface area contributed by atoms with Crippen molar-refractivity contribution in [2.24, 2.45) is 0 Å². The summed E-state index contributed by atoms with van der Waals surface area (Å²) >= 11 is 1.55. The van der Waals surface area contributed by atoms with Crippen molar-refractivity contribution in [2.45, 2.75) is 26.3 Å². The summed E-state index contributed by atoms with van der Waals surface area (Å²) in [5.41, 5.74) is 4.40. The minimum absolute atomic E-state index is 0.0327. The van der Waals surface area contributed by atoms with Crippen molar-refractivity contribution in [3.05, 3.63) is 53.0 Å². The maximum absolute atomic E-state index is 13.2. The largest absolute Gasteiger partial charge is 0.454 e. The van der Waals surface area contributed by atoms with Gasteiger partial charge >= 0.3 is 0 Å². The van der Waals surface area contributed by atoms with Gasteiger partial charge in [-0.1, -0.05) is 25.5 Å². The average molecular weight is 368 g/mol. The fourth-order valence-corrected chi connectivity index (χ4v) is 3.81. The zero-order valence-electron chi connectivity index (χ0n) is 14.6. The Hall–Kier alpha value is -2.60. The second-order valence-corrected chi connectivity index (χ2v) is 7.15. The van der Waals surface area contributed by atoms with E-state index in [2.05, 4.69) is 11.9 Å². The van der Waals surface area contributed by atoms with Gasteiger partial charge in [-0.3, -0.25) is 4.79 Å². The monoisotopic (exact) mass is 368 g/mol. The number of amides is 1. The molecule has 0 saturated carbocycles. The number of hydrogen-bond acceptors (Lipinski definition) is 5. The van der Waals surface area contributed by atoms with Gasteiger partial charge in [-0.05, 0) is 30.7 Å². The van der Waals surface area contributed by atoms with E-state index in [0.717, 1.165) is 40.1 Å². The highest BCUT2D eigenvalue weighted by molar-refractivity contribution is 7.16. The van der Waals surface area contributed by atoms with E-state index in [-0.39, 0.29) is 12.7 Å². The molecule has 0 bridgehead atoms. The van der Waals surface area contributed by atoms with Crippen LogP contribution in [0.1, 0.15) is 35.7 Å². The summed E-state index contributed by atoms with van der Waals surface area (Å²) < 4.78 is 12.1. The molecule has 1 aromatic heterocycles. The van der Waals surface area contributed by atoms with Gasteiger partial charge in [-0.25, -0.2) is 4.98 Å². The Morgan fingerprint density at radius 1 is 1.27 bits per heavy atom. The number of para-hydroxylation sites is 1. The molecule has 0 atom stereocenters. The van der Waals surface area contributed by atoms with E-state index in [1.54, 1.807) is 16.8 Å². The van der Waals surface area contributed by atoms with Crippen LogP contribution in [-0.2, 0) is 6.54 Å². The fourth-order valence-electron chi connectivity index (χ4n) is 3.09. The molecule has 2 heterocycles. The first-order valence-electron chi connectivity index (χ1n) is 8.76. The van der Waals surface area contributed by atoms with Gasteiger partial charge in [0.25, 0.3) is 5.91 Å². The second-order valence-electron chi connectivity index (χ2n) is 6.27. The molecular formula is C20H20N2O3S. The van der Waals surface area contributed by atoms with Gasteiger partial charge in [0.1, 0.15) is 0 Å². The van der Waals surface area contributed by atoms with Gasteiger partial charge in [0, 0.05) is 24.2 Å². The SMILES string of the molecule is CCCCN(Cc1cccc2c1OCO2)C(=O)c1ccc2ncsc2c1. The summed E-state index contributed by atoms with van der Waals surface area (Å²) in [5.74, 6) is 1.53. The molecule has 6 heteroatoms. The molecule has 26 heavy (non-hydrogen) atoms. The lowest BCUT2D eigenvalue weighted by Crippen LogP contribution is -2.31. The minimum Gasteiger partial charge on any atom is -0.454 e. The van der Waals surface area contributed by atoms with Crippen LogP contribution >= 0.6 is 11.3 Å². The van der Waals surface area contributed by atoms with Crippen LogP contribution in [-0.4, -0.2) is 29.1 Å². The van der Waals surface area contributed by atoms with Crippen molar-refractivity contribution in [3.63, 3.8) is 0 Å². The van der Waals surface area contributed by atoms with Crippen LogP contribution in [0.2, 0.25) is 0 Å². The predicted octanol–water partition coefficient (Wildman–Crippen LogP) is 4.47. The standard InChI is InChI=1S/C20H20N2O3S/c1-2-3-9-22(11-15-5-4-6-17-19(15)25-13-24-17)20(23)14-7-8-16-18(10-14)26-12-21-16/h4-8,10,12H,2-3,9,11,13H2,1H3. The highest BCUT2D eigenvalue weighted by Crippen LogP contribution is 2.36. The van der Waals surface area contributed by atoms with Gasteiger partial charge < -0.3 is 14.4 Å². The van der Waals surface area contributed by atoms with Crippen LogP contribution in [0, 0.1) is 0 Å². The number of aromatic nitrogens is 1. The van der Waals surface area contributed by atoms with Crippen LogP contribution in [0.4, 0.5) is 0 Å². The van der Waals surface area contributed by atoms with Crippen molar-refractivity contribution in [1.82, 2.24) is 9.88 Å². The van der Waals surface area contributed by atoms with E-state index in [1.165, 1.54) is 0 Å². The zero-order chi connectivity index (χ0) is 17.9. The lowest BCUT2D eigenvalue weighted by Gasteiger charge is -2.23. The number of benzene rings is 2. The number of unbranched alkanes of at least 4 members (excludes halogenated alkanes) is 1. The molecule has 5 nitrogen and oxygen atoms in total. The second kappa shape index (κ2) is 7.33. The molecule has 0 aliphatic carbocycles. The Morgan fingerprint density at radius 3 is 3.08 bits per heavy atom. The molecular weight excluding hydrogens is 348 g/mol. The van der Waals surface area contributed by atoms with Gasteiger partial charge in [0.15, 0.2) is 11.5 Å². The molecule has 0 radical (unpaired) electrons. The number of thiazole rings is 1. The van der Waals surface area contributed by atoms with E-state index >= 15 is 0 Å². The molecule has 3 aromatic rings. The number of fused-ring (bicyclic) bond motifs is 2. The third-order valence-electron chi connectivity index (χ3n) is 4.49. The first-order chi connectivity index (χ1) is 12.8. The molecule has 0 fully saturated rings. The molecule has 1 aliphatic rings. The third-order valence-corrected chi connectivity index (χ3v) is 5.28. The summed E-state index contributed by atoms with van der Waals surface area (Å²) in [6.45, 7) is 3.58. The maximum Gasteiger partial charge on any atom is 0.254 e. The number of carbonyl (C=O) groups is 1. The summed E-state index contributed by atoms with van der Waals surface area (Å²) in [5, 5.41) is 0. The minimum atomic E-state index is 0.0327. The first kappa shape index (κ1) is 16.8. The van der Waals surface area contributed by atoms with Gasteiger partial charge in [0.2, 0.25) is 6.79 Å². The first-order valence-corrected chi connectivity index (χ1v) is 9.64. The molecule has 0 N–H and O–H groups in total. The molecule has 0 spiro atoms. The normalized spacial score (nSPS) is 12.5. The van der Waals surface area contributed by atoms with Crippen LogP contribution in [0.5, 0.6) is 11.5 Å². The Morgan fingerprint density at radius 2 is 2.19 bits per heavy atom. The Labute approximate surface area is 156 Å². The predicted molar refractivity (Wildman–Crippen MR) is 102 cm³/mol. The summed E-state index contributed by atoms with van der Waals surface area (Å²) in [6, 6.07) is 11.5. The van der Waals surface area contributed by atoms with Crippen molar-refractivity contribution in [3.8, 4) is 11.5 Å². The molecule has 134 valence electrons. The maximum atomic E-state index is 13.2. The highest BCUT2D eigenvalue weighted by atomic mass is 32.1. The smallest absolute Gasteiger partial charge is 0.254 e. The van der Waals surface area contributed by atoms with Crippen molar-refractivity contribution >= 4 is 27.5 Å². The number of nitrogens with zero attached hydrogens (tertiary/aromatic N) is 2. The Balaban J connectivity index is 1.61. The number of hydrogen-bond donors (Lipinski definition) is 0. The van der Waals surface area contributed by atoms with E-state index in [9.17, 15) is 4.79 Å². The van der Waals surface area contributed by atoms with Gasteiger partial charge in [0.05, 0.1) is 15.7 Å². The molecule has 1 aliphatic heterocycles. The van der Waals surface area contributed by atoms with E-state index in [0.29, 0.717) is 18.7 Å². The van der Waals surface area contributed by atoms with Crippen molar-refractivity contribution in [2.75, 3.05) is 13.3 Å². The molecule has 1 amide bonds. The zero-order valence-corrected chi connectivity index (χ0v) is 15.4.